The van der Waals surface area contributed by atoms with Crippen LogP contribution in [-0.2, 0) is 6.54 Å². The van der Waals surface area contributed by atoms with Crippen molar-refractivity contribution in [2.24, 2.45) is 11.8 Å². The molecule has 0 heterocycles. The second-order valence-corrected chi connectivity index (χ2v) is 6.35. The topological polar surface area (TPSA) is 49.3 Å². The lowest BCUT2D eigenvalue weighted by Gasteiger charge is -2.32. The molecule has 20 heavy (non-hydrogen) atoms. The van der Waals surface area contributed by atoms with Crippen LogP contribution in [0.15, 0.2) is 24.3 Å². The van der Waals surface area contributed by atoms with Gasteiger partial charge in [-0.15, -0.1) is 0 Å². The molecule has 3 rings (SSSR count). The van der Waals surface area contributed by atoms with Gasteiger partial charge in [-0.3, -0.25) is 0 Å². The Hall–Kier alpha value is -1.35. The molecule has 0 amide bonds. The summed E-state index contributed by atoms with van der Waals surface area (Å²) in [5, 5.41) is 12.6. The standard InChI is InChI=1S/C17H23NO2/c19-17(20)15-6-1-3-12(9-15)11-18-16-8-7-13-4-2-5-14(13)10-16/h1,3,6,9,13-14,16,18H,2,4-5,7-8,10-11H2,(H,19,20). The molecule has 2 fully saturated rings. The van der Waals surface area contributed by atoms with Crippen LogP contribution in [0.3, 0.4) is 0 Å². The Kier molecular flexibility index (Phi) is 4.06. The Morgan fingerprint density at radius 2 is 2.05 bits per heavy atom. The van der Waals surface area contributed by atoms with Gasteiger partial charge >= 0.3 is 5.97 Å². The lowest BCUT2D eigenvalue weighted by Crippen LogP contribution is -2.35. The number of hydrogen-bond acceptors (Lipinski definition) is 2. The van der Waals surface area contributed by atoms with E-state index in [1.54, 1.807) is 12.1 Å². The summed E-state index contributed by atoms with van der Waals surface area (Å²) in [5.41, 5.74) is 1.45. The van der Waals surface area contributed by atoms with E-state index in [1.807, 2.05) is 12.1 Å². The van der Waals surface area contributed by atoms with Crippen molar-refractivity contribution in [1.82, 2.24) is 5.32 Å². The van der Waals surface area contributed by atoms with Gasteiger partial charge in [0.15, 0.2) is 0 Å². The number of carboxylic acids is 1. The van der Waals surface area contributed by atoms with E-state index >= 15 is 0 Å². The minimum atomic E-state index is -0.849. The van der Waals surface area contributed by atoms with E-state index in [4.69, 9.17) is 5.11 Å². The SMILES string of the molecule is O=C(O)c1cccc(CNC2CCC3CCCC3C2)c1. The molecule has 0 saturated heterocycles. The lowest BCUT2D eigenvalue weighted by atomic mass is 9.79. The molecule has 0 bridgehead atoms. The van der Waals surface area contributed by atoms with Gasteiger partial charge in [0, 0.05) is 12.6 Å². The Morgan fingerprint density at radius 3 is 2.90 bits per heavy atom. The number of hydrogen-bond donors (Lipinski definition) is 2. The molecule has 3 atom stereocenters. The Balaban J connectivity index is 1.54. The van der Waals surface area contributed by atoms with Crippen LogP contribution in [-0.4, -0.2) is 17.1 Å². The predicted molar refractivity (Wildman–Crippen MR) is 78.7 cm³/mol. The molecule has 0 spiro atoms. The molecule has 3 nitrogen and oxygen atoms in total. The maximum atomic E-state index is 11.0. The highest BCUT2D eigenvalue weighted by atomic mass is 16.4. The van der Waals surface area contributed by atoms with Gasteiger partial charge in [-0.1, -0.05) is 31.4 Å². The zero-order chi connectivity index (χ0) is 13.9. The van der Waals surface area contributed by atoms with Crippen LogP contribution in [0.4, 0.5) is 0 Å². The first-order valence-electron chi connectivity index (χ1n) is 7.78. The van der Waals surface area contributed by atoms with Gasteiger partial charge in [0.2, 0.25) is 0 Å². The summed E-state index contributed by atoms with van der Waals surface area (Å²) in [7, 11) is 0. The first kappa shape index (κ1) is 13.6. The summed E-state index contributed by atoms with van der Waals surface area (Å²) in [6.45, 7) is 0.781. The average Bonchev–Trinajstić information content (AvgIpc) is 2.93. The van der Waals surface area contributed by atoms with E-state index in [-0.39, 0.29) is 0 Å². The van der Waals surface area contributed by atoms with Crippen molar-refractivity contribution >= 4 is 5.97 Å². The molecule has 108 valence electrons. The molecule has 0 radical (unpaired) electrons. The summed E-state index contributed by atoms with van der Waals surface area (Å²) >= 11 is 0. The smallest absolute Gasteiger partial charge is 0.335 e. The summed E-state index contributed by atoms with van der Waals surface area (Å²) in [5.74, 6) is 1.08. The second-order valence-electron chi connectivity index (χ2n) is 6.35. The normalized spacial score (nSPS) is 29.1. The minimum Gasteiger partial charge on any atom is -0.478 e. The number of nitrogens with one attached hydrogen (secondary N) is 1. The zero-order valence-electron chi connectivity index (χ0n) is 11.8. The third-order valence-corrected chi connectivity index (χ3v) is 5.06. The first-order chi connectivity index (χ1) is 9.72. The number of rotatable bonds is 4. The molecular formula is C17H23NO2. The van der Waals surface area contributed by atoms with Crippen LogP contribution in [0.2, 0.25) is 0 Å². The van der Waals surface area contributed by atoms with E-state index < -0.39 is 5.97 Å². The Labute approximate surface area is 120 Å². The maximum Gasteiger partial charge on any atom is 0.335 e. The van der Waals surface area contributed by atoms with Crippen LogP contribution >= 0.6 is 0 Å². The number of carbonyl (C=O) groups is 1. The number of carboxylic acid groups (broad SMARTS) is 1. The van der Waals surface area contributed by atoms with Crippen molar-refractivity contribution in [3.05, 3.63) is 35.4 Å². The second kappa shape index (κ2) is 5.96. The number of fused-ring (bicyclic) bond motifs is 1. The molecule has 0 aliphatic heterocycles. The van der Waals surface area contributed by atoms with Crippen molar-refractivity contribution in [3.8, 4) is 0 Å². The molecule has 0 aromatic heterocycles. The summed E-state index contributed by atoms with van der Waals surface area (Å²) < 4.78 is 0. The largest absolute Gasteiger partial charge is 0.478 e. The van der Waals surface area contributed by atoms with E-state index in [0.29, 0.717) is 11.6 Å². The fraction of sp³-hybridized carbons (Fsp3) is 0.588. The van der Waals surface area contributed by atoms with Crippen molar-refractivity contribution in [3.63, 3.8) is 0 Å². The number of benzene rings is 1. The minimum absolute atomic E-state index is 0.379. The fourth-order valence-corrected chi connectivity index (χ4v) is 3.96. The van der Waals surface area contributed by atoms with Gasteiger partial charge in [-0.2, -0.15) is 0 Å². The molecule has 2 aliphatic rings. The van der Waals surface area contributed by atoms with Gasteiger partial charge in [-0.25, -0.2) is 4.79 Å². The highest BCUT2D eigenvalue weighted by Gasteiger charge is 2.33. The zero-order valence-corrected chi connectivity index (χ0v) is 11.8. The highest BCUT2D eigenvalue weighted by Crippen LogP contribution is 2.42. The monoisotopic (exact) mass is 273 g/mol. The van der Waals surface area contributed by atoms with Crippen molar-refractivity contribution in [2.45, 2.75) is 51.1 Å². The van der Waals surface area contributed by atoms with Crippen LogP contribution in [0.5, 0.6) is 0 Å². The number of aromatic carboxylic acids is 1. The summed E-state index contributed by atoms with van der Waals surface area (Å²) in [4.78, 5) is 11.0. The quantitative estimate of drug-likeness (QED) is 0.883. The van der Waals surface area contributed by atoms with Crippen molar-refractivity contribution in [1.29, 1.82) is 0 Å². The summed E-state index contributed by atoms with van der Waals surface area (Å²) in [6, 6.07) is 7.86. The van der Waals surface area contributed by atoms with Crippen LogP contribution < -0.4 is 5.32 Å². The molecule has 2 saturated carbocycles. The molecule has 2 N–H and O–H groups in total. The lowest BCUT2D eigenvalue weighted by molar-refractivity contribution is 0.0696. The Morgan fingerprint density at radius 1 is 1.20 bits per heavy atom. The molecule has 2 aliphatic carbocycles. The molecule has 3 heteroatoms. The van der Waals surface area contributed by atoms with Gasteiger partial charge in [0.1, 0.15) is 0 Å². The third-order valence-electron chi connectivity index (χ3n) is 5.06. The van der Waals surface area contributed by atoms with Gasteiger partial charge in [0.05, 0.1) is 5.56 Å². The van der Waals surface area contributed by atoms with E-state index in [1.165, 1.54) is 38.5 Å². The fourth-order valence-electron chi connectivity index (χ4n) is 3.96. The average molecular weight is 273 g/mol. The van der Waals surface area contributed by atoms with E-state index in [2.05, 4.69) is 5.32 Å². The van der Waals surface area contributed by atoms with Crippen molar-refractivity contribution < 1.29 is 9.90 Å². The van der Waals surface area contributed by atoms with Gasteiger partial charge in [0.25, 0.3) is 0 Å². The van der Waals surface area contributed by atoms with Crippen molar-refractivity contribution in [2.75, 3.05) is 0 Å². The highest BCUT2D eigenvalue weighted by molar-refractivity contribution is 5.87. The van der Waals surface area contributed by atoms with Crippen LogP contribution in [0.25, 0.3) is 0 Å². The Bertz CT molecular complexity index is 486. The van der Waals surface area contributed by atoms with Gasteiger partial charge in [-0.05, 0) is 48.8 Å². The summed E-state index contributed by atoms with van der Waals surface area (Å²) in [6.07, 6.45) is 8.23. The van der Waals surface area contributed by atoms with E-state index in [0.717, 1.165) is 23.9 Å². The maximum absolute atomic E-state index is 11.0. The molecule has 1 aromatic rings. The first-order valence-corrected chi connectivity index (χ1v) is 7.78. The predicted octanol–water partition coefficient (Wildman–Crippen LogP) is 3.44. The van der Waals surface area contributed by atoms with Crippen LogP contribution in [0, 0.1) is 11.8 Å². The molecular weight excluding hydrogens is 250 g/mol. The molecule has 3 unspecified atom stereocenters. The van der Waals surface area contributed by atoms with Gasteiger partial charge < -0.3 is 10.4 Å². The molecule has 1 aromatic carbocycles. The third kappa shape index (κ3) is 3.04. The van der Waals surface area contributed by atoms with E-state index in [9.17, 15) is 4.79 Å². The van der Waals surface area contributed by atoms with Crippen LogP contribution in [0.1, 0.15) is 54.4 Å².